The molecule has 2 N–H and O–H groups in total. The predicted molar refractivity (Wildman–Crippen MR) is 89.2 cm³/mol. The minimum atomic E-state index is -5.96. The summed E-state index contributed by atoms with van der Waals surface area (Å²) in [7, 11) is 0. The van der Waals surface area contributed by atoms with Crippen molar-refractivity contribution in [1.29, 1.82) is 0 Å². The molecular formula is C19H14F6O4. The third kappa shape index (κ3) is 3.54. The van der Waals surface area contributed by atoms with Crippen molar-refractivity contribution in [2.24, 2.45) is 0 Å². The van der Waals surface area contributed by atoms with Gasteiger partial charge in [0.2, 0.25) is 5.41 Å². The number of rotatable bonds is 4. The van der Waals surface area contributed by atoms with Crippen LogP contribution < -0.4 is 0 Å². The van der Waals surface area contributed by atoms with Gasteiger partial charge in [-0.2, -0.15) is 26.3 Å². The van der Waals surface area contributed by atoms with Crippen molar-refractivity contribution in [3.05, 3.63) is 69.8 Å². The molecule has 0 aliphatic heterocycles. The van der Waals surface area contributed by atoms with E-state index in [-0.39, 0.29) is 11.1 Å². The molecule has 0 saturated heterocycles. The molecule has 0 atom stereocenters. The highest BCUT2D eigenvalue weighted by atomic mass is 19.4. The second-order valence-corrected chi connectivity index (χ2v) is 6.42. The average molecular weight is 420 g/mol. The third-order valence-corrected chi connectivity index (χ3v) is 4.65. The van der Waals surface area contributed by atoms with Crippen LogP contribution in [0, 0.1) is 13.8 Å². The Labute approximate surface area is 160 Å². The van der Waals surface area contributed by atoms with Gasteiger partial charge in [-0.3, -0.25) is 0 Å². The molecular weight excluding hydrogens is 406 g/mol. The maximum Gasteiger partial charge on any atom is 0.411 e. The molecule has 0 bridgehead atoms. The standard InChI is InChI=1S/C19H14F6O4/c1-9-3-5-11(7-13(9)15(26)27)17(18(20,21)22,19(23,24)25)12-6-4-10(2)14(8-12)16(28)29/h3-8H,1-2H3,(H,26,27)(H,28,29). The van der Waals surface area contributed by atoms with Crippen LogP contribution in [0.1, 0.15) is 43.0 Å². The monoisotopic (exact) mass is 420 g/mol. The Morgan fingerprint density at radius 1 is 0.690 bits per heavy atom. The Balaban J connectivity index is 3.04. The first kappa shape index (κ1) is 22.3. The number of hydrogen-bond donors (Lipinski definition) is 2. The molecule has 2 aromatic rings. The number of aryl methyl sites for hydroxylation is 2. The predicted octanol–water partition coefficient (Wildman–Crippen LogP) is 5.11. The number of halogens is 6. The van der Waals surface area contributed by atoms with E-state index in [1.807, 2.05) is 0 Å². The molecule has 0 aromatic heterocycles. The van der Waals surface area contributed by atoms with Crippen LogP contribution in [-0.4, -0.2) is 34.5 Å². The Morgan fingerprint density at radius 3 is 1.24 bits per heavy atom. The van der Waals surface area contributed by atoms with E-state index in [0.717, 1.165) is 12.1 Å². The minimum Gasteiger partial charge on any atom is -0.478 e. The largest absolute Gasteiger partial charge is 0.478 e. The molecule has 0 spiro atoms. The van der Waals surface area contributed by atoms with Gasteiger partial charge in [0, 0.05) is 0 Å². The summed E-state index contributed by atoms with van der Waals surface area (Å²) < 4.78 is 84.6. The van der Waals surface area contributed by atoms with E-state index in [1.165, 1.54) is 13.8 Å². The highest BCUT2D eigenvalue weighted by Crippen LogP contribution is 2.56. The zero-order valence-electron chi connectivity index (χ0n) is 14.9. The average Bonchev–Trinajstić information content (AvgIpc) is 2.55. The fraction of sp³-hybridized carbons (Fsp3) is 0.263. The maximum atomic E-state index is 14.1. The summed E-state index contributed by atoms with van der Waals surface area (Å²) in [5, 5.41) is 18.3. The van der Waals surface area contributed by atoms with E-state index in [9.17, 15) is 35.9 Å². The van der Waals surface area contributed by atoms with E-state index in [2.05, 4.69) is 0 Å². The molecule has 0 aliphatic carbocycles. The molecule has 0 unspecified atom stereocenters. The number of benzene rings is 2. The fourth-order valence-electron chi connectivity index (χ4n) is 3.15. The second kappa shape index (κ2) is 7.09. The summed E-state index contributed by atoms with van der Waals surface area (Å²) in [4.78, 5) is 22.6. The van der Waals surface area contributed by atoms with Crippen molar-refractivity contribution in [2.75, 3.05) is 0 Å². The lowest BCUT2D eigenvalue weighted by Gasteiger charge is -2.38. The summed E-state index contributed by atoms with van der Waals surface area (Å²) in [6.07, 6.45) is -11.9. The molecule has 2 rings (SSSR count). The molecule has 29 heavy (non-hydrogen) atoms. The van der Waals surface area contributed by atoms with E-state index >= 15 is 0 Å². The van der Waals surface area contributed by atoms with Crippen molar-refractivity contribution in [1.82, 2.24) is 0 Å². The van der Waals surface area contributed by atoms with Gasteiger partial charge >= 0.3 is 24.3 Å². The molecule has 0 fully saturated rings. The summed E-state index contributed by atoms with van der Waals surface area (Å²) in [6.45, 7) is 2.45. The van der Waals surface area contributed by atoms with Gasteiger partial charge in [0.05, 0.1) is 11.1 Å². The van der Waals surface area contributed by atoms with Crippen LogP contribution in [0.3, 0.4) is 0 Å². The quantitative estimate of drug-likeness (QED) is 0.674. The SMILES string of the molecule is Cc1ccc(C(c2ccc(C)c(C(=O)O)c2)(C(F)(F)F)C(F)(F)F)cc1C(=O)O. The van der Waals surface area contributed by atoms with Crippen molar-refractivity contribution in [2.45, 2.75) is 31.6 Å². The first-order valence-electron chi connectivity index (χ1n) is 7.97. The molecule has 10 heteroatoms. The first-order chi connectivity index (χ1) is 13.1. The van der Waals surface area contributed by atoms with Gasteiger partial charge < -0.3 is 10.2 Å². The van der Waals surface area contributed by atoms with Crippen molar-refractivity contribution < 1.29 is 46.1 Å². The number of carboxylic acids is 2. The molecule has 2 aromatic carbocycles. The van der Waals surface area contributed by atoms with Crippen LogP contribution >= 0.6 is 0 Å². The maximum absolute atomic E-state index is 14.1. The van der Waals surface area contributed by atoms with Crippen molar-refractivity contribution >= 4 is 11.9 Å². The number of carboxylic acid groups (broad SMARTS) is 2. The molecule has 0 radical (unpaired) electrons. The highest BCUT2D eigenvalue weighted by molar-refractivity contribution is 5.90. The van der Waals surface area contributed by atoms with Crippen LogP contribution in [0.2, 0.25) is 0 Å². The van der Waals surface area contributed by atoms with Gasteiger partial charge in [-0.15, -0.1) is 0 Å². The second-order valence-electron chi connectivity index (χ2n) is 6.42. The molecule has 4 nitrogen and oxygen atoms in total. The van der Waals surface area contributed by atoms with Crippen molar-refractivity contribution in [3.8, 4) is 0 Å². The number of carbonyl (C=O) groups is 2. The number of aromatic carboxylic acids is 2. The van der Waals surface area contributed by atoms with Crippen molar-refractivity contribution in [3.63, 3.8) is 0 Å². The van der Waals surface area contributed by atoms with Gasteiger partial charge in [-0.1, -0.05) is 24.3 Å². The summed E-state index contributed by atoms with van der Waals surface area (Å²) in [6, 6.07) is 3.42. The molecule has 0 saturated carbocycles. The lowest BCUT2D eigenvalue weighted by atomic mass is 9.71. The lowest BCUT2D eigenvalue weighted by Crippen LogP contribution is -2.55. The number of alkyl halides is 6. The van der Waals surface area contributed by atoms with Gasteiger partial charge in [0.1, 0.15) is 0 Å². The zero-order valence-corrected chi connectivity index (χ0v) is 14.9. The Bertz CT molecular complexity index is 896. The van der Waals surface area contributed by atoms with E-state index in [0.29, 0.717) is 24.3 Å². The third-order valence-electron chi connectivity index (χ3n) is 4.65. The van der Waals surface area contributed by atoms with E-state index < -0.39 is 52.0 Å². The Kier molecular flexibility index (Phi) is 5.44. The first-order valence-corrected chi connectivity index (χ1v) is 7.97. The normalized spacial score (nSPS) is 12.7. The van der Waals surface area contributed by atoms with Crippen LogP contribution in [0.5, 0.6) is 0 Å². The Hall–Kier alpha value is -3.04. The lowest BCUT2D eigenvalue weighted by molar-refractivity contribution is -0.288. The zero-order chi connectivity index (χ0) is 22.4. The van der Waals surface area contributed by atoms with E-state index in [4.69, 9.17) is 10.2 Å². The van der Waals surface area contributed by atoms with Crippen LogP contribution in [-0.2, 0) is 5.41 Å². The fourth-order valence-corrected chi connectivity index (χ4v) is 3.15. The van der Waals surface area contributed by atoms with Gasteiger partial charge in [0.15, 0.2) is 0 Å². The molecule has 0 heterocycles. The van der Waals surface area contributed by atoms with Crippen LogP contribution in [0.4, 0.5) is 26.3 Å². The smallest absolute Gasteiger partial charge is 0.411 e. The van der Waals surface area contributed by atoms with Crippen LogP contribution in [0.25, 0.3) is 0 Å². The van der Waals surface area contributed by atoms with Gasteiger partial charge in [-0.05, 0) is 48.2 Å². The van der Waals surface area contributed by atoms with Gasteiger partial charge in [0.25, 0.3) is 0 Å². The molecule has 156 valence electrons. The topological polar surface area (TPSA) is 74.6 Å². The van der Waals surface area contributed by atoms with Gasteiger partial charge in [-0.25, -0.2) is 9.59 Å². The summed E-state index contributed by atoms with van der Waals surface area (Å²) >= 11 is 0. The molecule has 0 amide bonds. The number of hydrogen-bond acceptors (Lipinski definition) is 2. The highest BCUT2D eigenvalue weighted by Gasteiger charge is 2.72. The summed E-state index contributed by atoms with van der Waals surface area (Å²) in [5.41, 5.74) is -8.90. The van der Waals surface area contributed by atoms with E-state index in [1.54, 1.807) is 0 Å². The Morgan fingerprint density at radius 2 is 1.00 bits per heavy atom. The minimum absolute atomic E-state index is 0.0327. The van der Waals surface area contributed by atoms with Crippen LogP contribution in [0.15, 0.2) is 36.4 Å². The molecule has 0 aliphatic rings. The summed E-state index contributed by atoms with van der Waals surface area (Å²) in [5.74, 6) is -3.39.